The zero-order valence-electron chi connectivity index (χ0n) is 18.2. The second-order valence-electron chi connectivity index (χ2n) is 7.91. The van der Waals surface area contributed by atoms with E-state index in [0.29, 0.717) is 30.9 Å². The van der Waals surface area contributed by atoms with E-state index in [-0.39, 0.29) is 36.6 Å². The molecular weight excluding hydrogens is 457 g/mol. The van der Waals surface area contributed by atoms with Crippen molar-refractivity contribution < 1.29 is 32.6 Å². The fraction of sp³-hybridized carbons (Fsp3) is 0.429. The van der Waals surface area contributed by atoms with Gasteiger partial charge >= 0.3 is 12.2 Å². The van der Waals surface area contributed by atoms with Gasteiger partial charge in [-0.2, -0.15) is 13.2 Å². The van der Waals surface area contributed by atoms with Crippen LogP contribution in [0, 0.1) is 0 Å². The van der Waals surface area contributed by atoms with Gasteiger partial charge in [-0.1, -0.05) is 0 Å². The number of halogens is 3. The minimum absolute atomic E-state index is 0.0799. The lowest BCUT2D eigenvalue weighted by molar-refractivity contribution is -0.149. The number of hydrogen-bond donors (Lipinski definition) is 3. The molecule has 10 nitrogen and oxygen atoms in total. The normalized spacial score (nSPS) is 17.7. The standard InChI is InChI=1S/C21H23F3N6O4/c1-12(21(22,23)24)26-19(32)15-2-3-16-18(27-15)30(13-5-7-29(16)11-13)20(33)28-17-10-14(4-6-25-17)34-9-8-31/h2-4,6,10,12-13,31H,5,7-9,11H2,1H3,(H,26,32)(H,25,28,33)/t12-,13?/m1/s1. The summed E-state index contributed by atoms with van der Waals surface area (Å²) >= 11 is 0. The minimum Gasteiger partial charge on any atom is -0.491 e. The maximum Gasteiger partial charge on any atom is 0.408 e. The van der Waals surface area contributed by atoms with Gasteiger partial charge in [0.2, 0.25) is 0 Å². The van der Waals surface area contributed by atoms with Crippen LogP contribution in [0.25, 0.3) is 0 Å². The molecule has 34 heavy (non-hydrogen) atoms. The molecule has 0 aliphatic carbocycles. The number of carbonyl (C=O) groups excluding carboxylic acids is 2. The van der Waals surface area contributed by atoms with Crippen molar-refractivity contribution in [1.82, 2.24) is 15.3 Å². The van der Waals surface area contributed by atoms with Crippen LogP contribution in [-0.2, 0) is 0 Å². The Balaban J connectivity index is 1.58. The summed E-state index contributed by atoms with van der Waals surface area (Å²) in [5.74, 6) is -0.195. The van der Waals surface area contributed by atoms with E-state index in [1.165, 1.54) is 23.2 Å². The summed E-state index contributed by atoms with van der Waals surface area (Å²) in [6.45, 7) is 1.98. The Bertz CT molecular complexity index is 1080. The van der Waals surface area contributed by atoms with Gasteiger partial charge in [0.25, 0.3) is 5.91 Å². The second kappa shape index (κ2) is 9.33. The molecular formula is C21H23F3N6O4. The van der Waals surface area contributed by atoms with Crippen molar-refractivity contribution in [3.63, 3.8) is 0 Å². The number of aliphatic hydroxyl groups is 1. The van der Waals surface area contributed by atoms with Crippen LogP contribution >= 0.6 is 0 Å². The zero-order valence-corrected chi connectivity index (χ0v) is 18.2. The van der Waals surface area contributed by atoms with Crippen molar-refractivity contribution in [3.05, 3.63) is 36.2 Å². The highest BCUT2D eigenvalue weighted by Crippen LogP contribution is 2.39. The maximum absolute atomic E-state index is 13.2. The fourth-order valence-corrected chi connectivity index (χ4v) is 3.85. The Morgan fingerprint density at radius 1 is 1.32 bits per heavy atom. The lowest BCUT2D eigenvalue weighted by Crippen LogP contribution is -2.49. The maximum atomic E-state index is 13.2. The Hall–Kier alpha value is -3.61. The molecule has 1 saturated heterocycles. The number of nitrogens with zero attached hydrogens (tertiary/aromatic N) is 4. The Kier molecular flexibility index (Phi) is 6.46. The smallest absolute Gasteiger partial charge is 0.408 e. The number of anilines is 3. The lowest BCUT2D eigenvalue weighted by Gasteiger charge is -2.35. The van der Waals surface area contributed by atoms with E-state index in [1.54, 1.807) is 12.1 Å². The number of pyridine rings is 2. The summed E-state index contributed by atoms with van der Waals surface area (Å²) in [5.41, 5.74) is 0.380. The molecule has 0 aromatic carbocycles. The molecule has 182 valence electrons. The van der Waals surface area contributed by atoms with E-state index in [1.807, 2.05) is 10.2 Å². The first kappa shape index (κ1) is 23.5. The van der Waals surface area contributed by atoms with Crippen molar-refractivity contribution in [3.8, 4) is 5.75 Å². The summed E-state index contributed by atoms with van der Waals surface area (Å²) in [4.78, 5) is 37.4. The van der Waals surface area contributed by atoms with Crippen LogP contribution in [0.5, 0.6) is 5.75 Å². The number of fused-ring (bicyclic) bond motifs is 4. The summed E-state index contributed by atoms with van der Waals surface area (Å²) < 4.78 is 43.9. The van der Waals surface area contributed by atoms with Gasteiger partial charge in [-0.25, -0.2) is 14.8 Å². The predicted octanol–water partition coefficient (Wildman–Crippen LogP) is 2.16. The Labute approximate surface area is 192 Å². The highest BCUT2D eigenvalue weighted by Gasteiger charge is 2.41. The zero-order chi connectivity index (χ0) is 24.5. The first-order valence-electron chi connectivity index (χ1n) is 10.6. The number of aromatic nitrogens is 2. The lowest BCUT2D eigenvalue weighted by atomic mass is 10.1. The van der Waals surface area contributed by atoms with Crippen molar-refractivity contribution in [2.75, 3.05) is 41.4 Å². The summed E-state index contributed by atoms with van der Waals surface area (Å²) in [6, 6.07) is 3.16. The van der Waals surface area contributed by atoms with Gasteiger partial charge < -0.3 is 20.1 Å². The van der Waals surface area contributed by atoms with Gasteiger partial charge in [-0.3, -0.25) is 15.0 Å². The molecule has 4 heterocycles. The number of carbonyl (C=O) groups is 2. The average Bonchev–Trinajstić information content (AvgIpc) is 3.21. The SMILES string of the molecule is C[C@@H](NC(=O)c1ccc2c(n1)N(C(=O)Nc1cc(OCCO)ccn1)C1CCN2C1)C(F)(F)F. The van der Waals surface area contributed by atoms with Gasteiger partial charge in [0.1, 0.15) is 29.9 Å². The summed E-state index contributed by atoms with van der Waals surface area (Å²) in [7, 11) is 0. The molecule has 2 aromatic heterocycles. The molecule has 4 rings (SSSR count). The first-order valence-corrected chi connectivity index (χ1v) is 10.6. The molecule has 0 saturated carbocycles. The number of ether oxygens (including phenoxy) is 1. The second-order valence-corrected chi connectivity index (χ2v) is 7.91. The Morgan fingerprint density at radius 3 is 2.85 bits per heavy atom. The molecule has 2 bridgehead atoms. The van der Waals surface area contributed by atoms with Gasteiger partial charge in [-0.15, -0.1) is 0 Å². The summed E-state index contributed by atoms with van der Waals surface area (Å²) in [6.07, 6.45) is -2.50. The first-order chi connectivity index (χ1) is 16.2. The van der Waals surface area contributed by atoms with Gasteiger partial charge in [-0.05, 0) is 31.5 Å². The molecule has 2 aromatic rings. The molecule has 2 atom stereocenters. The van der Waals surface area contributed by atoms with E-state index in [9.17, 15) is 22.8 Å². The van der Waals surface area contributed by atoms with E-state index >= 15 is 0 Å². The van der Waals surface area contributed by atoms with Gasteiger partial charge in [0, 0.05) is 25.4 Å². The number of alkyl halides is 3. The average molecular weight is 480 g/mol. The van der Waals surface area contributed by atoms with Gasteiger partial charge in [0.15, 0.2) is 5.82 Å². The van der Waals surface area contributed by atoms with Crippen molar-refractivity contribution in [2.24, 2.45) is 0 Å². The number of hydrogen-bond acceptors (Lipinski definition) is 7. The third kappa shape index (κ3) is 4.83. The Morgan fingerprint density at radius 2 is 2.12 bits per heavy atom. The van der Waals surface area contributed by atoms with Crippen molar-refractivity contribution in [2.45, 2.75) is 31.6 Å². The fourth-order valence-electron chi connectivity index (χ4n) is 3.85. The molecule has 1 fully saturated rings. The third-order valence-electron chi connectivity index (χ3n) is 5.57. The van der Waals surface area contributed by atoms with E-state index in [4.69, 9.17) is 9.84 Å². The molecule has 3 N–H and O–H groups in total. The number of amides is 3. The number of rotatable bonds is 6. The highest BCUT2D eigenvalue weighted by molar-refractivity contribution is 6.05. The predicted molar refractivity (Wildman–Crippen MR) is 116 cm³/mol. The number of aliphatic hydroxyl groups excluding tert-OH is 1. The molecule has 1 unspecified atom stereocenters. The molecule has 3 amide bonds. The van der Waals surface area contributed by atoms with Crippen LogP contribution in [0.3, 0.4) is 0 Å². The minimum atomic E-state index is -4.59. The third-order valence-corrected chi connectivity index (χ3v) is 5.57. The molecule has 13 heteroatoms. The number of urea groups is 1. The summed E-state index contributed by atoms with van der Waals surface area (Å²) in [5, 5.41) is 13.5. The molecule has 0 spiro atoms. The van der Waals surface area contributed by atoms with Crippen LogP contribution in [0.4, 0.5) is 35.3 Å². The van der Waals surface area contributed by atoms with E-state index < -0.39 is 24.2 Å². The molecule has 2 aliphatic heterocycles. The van der Waals surface area contributed by atoms with E-state index in [0.717, 1.165) is 6.92 Å². The quantitative estimate of drug-likeness (QED) is 0.580. The van der Waals surface area contributed by atoms with Crippen LogP contribution in [-0.4, -0.2) is 71.6 Å². The van der Waals surface area contributed by atoms with Crippen molar-refractivity contribution >= 4 is 29.3 Å². The largest absolute Gasteiger partial charge is 0.491 e. The molecule has 2 aliphatic rings. The van der Waals surface area contributed by atoms with E-state index in [2.05, 4.69) is 15.3 Å². The highest BCUT2D eigenvalue weighted by atomic mass is 19.4. The molecule has 0 radical (unpaired) electrons. The topological polar surface area (TPSA) is 120 Å². The van der Waals surface area contributed by atoms with Crippen LogP contribution in [0.15, 0.2) is 30.5 Å². The van der Waals surface area contributed by atoms with Gasteiger partial charge in [0.05, 0.1) is 18.3 Å². The van der Waals surface area contributed by atoms with Crippen LogP contribution in [0.2, 0.25) is 0 Å². The number of nitrogens with one attached hydrogen (secondary N) is 2. The van der Waals surface area contributed by atoms with Crippen LogP contribution in [0.1, 0.15) is 23.8 Å². The van der Waals surface area contributed by atoms with Crippen molar-refractivity contribution in [1.29, 1.82) is 0 Å². The monoisotopic (exact) mass is 480 g/mol. The van der Waals surface area contributed by atoms with Crippen LogP contribution < -0.4 is 25.2 Å².